The van der Waals surface area contributed by atoms with Crippen LogP contribution in [-0.2, 0) is 13.6 Å². The molecule has 0 rings (SSSR count). The molecule has 0 amide bonds. The summed E-state index contributed by atoms with van der Waals surface area (Å²) in [6, 6.07) is 4.32. The molecule has 0 unspecified atom stereocenters. The first-order chi connectivity index (χ1) is 11.8. The van der Waals surface area contributed by atoms with Gasteiger partial charge in [-0.3, -0.25) is 4.79 Å². The predicted molar refractivity (Wildman–Crippen MR) is 119 cm³/mol. The van der Waals surface area contributed by atoms with Crippen molar-refractivity contribution in [3.05, 3.63) is 0 Å². The summed E-state index contributed by atoms with van der Waals surface area (Å²) in [5, 5.41) is 0.335. The maximum atomic E-state index is 12.3. The molecule has 0 aliphatic carbocycles. The lowest BCUT2D eigenvalue weighted by molar-refractivity contribution is -0.124. The Bertz CT molecular complexity index is 428. The molecule has 0 aromatic rings. The second-order valence-electron chi connectivity index (χ2n) is 9.76. The van der Waals surface area contributed by atoms with Crippen molar-refractivity contribution in [2.75, 3.05) is 6.61 Å². The van der Waals surface area contributed by atoms with E-state index in [4.69, 9.17) is 8.85 Å². The van der Waals surface area contributed by atoms with Crippen molar-refractivity contribution in [2.24, 2.45) is 0 Å². The van der Waals surface area contributed by atoms with Crippen molar-refractivity contribution >= 4 is 22.4 Å². The third kappa shape index (κ3) is 6.01. The first-order valence-electron chi connectivity index (χ1n) is 10.6. The van der Waals surface area contributed by atoms with Gasteiger partial charge in [0.05, 0.1) is 0 Å². The standard InChI is InChI=1S/C21H46O3Si2/c1-12-25(13-2,20(6,7)8)23-17-16-19(18(5)22)24-26(14-3,15-4)21(9,10)11/h19H,12-17H2,1-11H3/t19-/m0/s1. The Morgan fingerprint density at radius 2 is 1.19 bits per heavy atom. The van der Waals surface area contributed by atoms with Gasteiger partial charge in [-0.1, -0.05) is 69.2 Å². The zero-order valence-electron chi connectivity index (χ0n) is 19.5. The first-order valence-corrected chi connectivity index (χ1v) is 15.2. The van der Waals surface area contributed by atoms with E-state index in [1.165, 1.54) is 0 Å². The number of carbonyl (C=O) groups is 1. The van der Waals surface area contributed by atoms with Crippen LogP contribution in [0.3, 0.4) is 0 Å². The van der Waals surface area contributed by atoms with Gasteiger partial charge in [0.15, 0.2) is 22.4 Å². The van der Waals surface area contributed by atoms with E-state index in [0.29, 0.717) is 13.0 Å². The molecular formula is C21H46O3Si2. The average Bonchev–Trinajstić information content (AvgIpc) is 2.52. The smallest absolute Gasteiger partial charge is 0.198 e. The molecule has 1 atom stereocenters. The van der Waals surface area contributed by atoms with E-state index in [9.17, 15) is 4.79 Å². The summed E-state index contributed by atoms with van der Waals surface area (Å²) >= 11 is 0. The average molecular weight is 403 g/mol. The Hall–Kier alpha value is 0.0238. The number of rotatable bonds is 11. The normalized spacial score (nSPS) is 15.2. The van der Waals surface area contributed by atoms with Crippen LogP contribution in [0.2, 0.25) is 34.3 Å². The van der Waals surface area contributed by atoms with Crippen molar-refractivity contribution in [3.63, 3.8) is 0 Å². The van der Waals surface area contributed by atoms with Crippen molar-refractivity contribution in [3.8, 4) is 0 Å². The Balaban J connectivity index is 5.25. The molecule has 5 heteroatoms. The van der Waals surface area contributed by atoms with Gasteiger partial charge in [-0.2, -0.15) is 0 Å². The van der Waals surface area contributed by atoms with Crippen LogP contribution in [0, 0.1) is 0 Å². The lowest BCUT2D eigenvalue weighted by Crippen LogP contribution is -2.50. The van der Waals surface area contributed by atoms with Gasteiger partial charge in [-0.15, -0.1) is 0 Å². The highest BCUT2D eigenvalue weighted by molar-refractivity contribution is 6.77. The van der Waals surface area contributed by atoms with Crippen LogP contribution in [0.25, 0.3) is 0 Å². The lowest BCUT2D eigenvalue weighted by Gasteiger charge is -2.44. The molecule has 26 heavy (non-hydrogen) atoms. The van der Waals surface area contributed by atoms with E-state index >= 15 is 0 Å². The molecule has 0 aliphatic heterocycles. The highest BCUT2D eigenvalue weighted by atomic mass is 28.4. The van der Waals surface area contributed by atoms with Crippen LogP contribution in [0.1, 0.15) is 82.6 Å². The van der Waals surface area contributed by atoms with Crippen LogP contribution < -0.4 is 0 Å². The van der Waals surface area contributed by atoms with Gasteiger partial charge in [0.2, 0.25) is 0 Å². The SMILES string of the molecule is CC[Si](CC)(OCC[C@H](O[Si](CC)(CC)C(C)(C)C)C(C)=O)C(C)(C)C. The maximum Gasteiger partial charge on any atom is 0.198 e. The summed E-state index contributed by atoms with van der Waals surface area (Å²) in [6.45, 7) is 25.0. The maximum absolute atomic E-state index is 12.3. The molecular weight excluding hydrogens is 356 g/mol. The molecule has 0 aromatic carbocycles. The van der Waals surface area contributed by atoms with Crippen LogP contribution in [0.4, 0.5) is 0 Å². The summed E-state index contributed by atoms with van der Waals surface area (Å²) in [4.78, 5) is 12.3. The number of Topliss-reactive ketones (excluding diaryl/α,β-unsaturated/α-hetero) is 1. The number of carbonyl (C=O) groups excluding carboxylic acids is 1. The fourth-order valence-electron chi connectivity index (χ4n) is 4.36. The Kier molecular flexibility index (Phi) is 10.00. The highest BCUT2D eigenvalue weighted by Crippen LogP contribution is 2.44. The fourth-order valence-corrected chi connectivity index (χ4v) is 12.5. The topological polar surface area (TPSA) is 35.5 Å². The van der Waals surface area contributed by atoms with Gasteiger partial charge in [0, 0.05) is 13.0 Å². The Morgan fingerprint density at radius 1 is 0.808 bits per heavy atom. The summed E-state index contributed by atoms with van der Waals surface area (Å²) in [7, 11) is -3.80. The van der Waals surface area contributed by atoms with Gasteiger partial charge >= 0.3 is 0 Å². The number of ketones is 1. The minimum atomic E-state index is -1.99. The molecule has 0 aliphatic rings. The number of hydrogen-bond acceptors (Lipinski definition) is 3. The minimum absolute atomic E-state index is 0.127. The molecule has 0 saturated heterocycles. The quantitative estimate of drug-likeness (QED) is 0.351. The van der Waals surface area contributed by atoms with E-state index in [0.717, 1.165) is 24.2 Å². The summed E-state index contributed by atoms with van der Waals surface area (Å²) in [5.74, 6) is 0.146. The molecule has 0 heterocycles. The molecule has 3 nitrogen and oxygen atoms in total. The van der Waals surface area contributed by atoms with Crippen LogP contribution in [-0.4, -0.2) is 35.1 Å². The first kappa shape index (κ1) is 26.0. The van der Waals surface area contributed by atoms with Gasteiger partial charge < -0.3 is 8.85 Å². The lowest BCUT2D eigenvalue weighted by atomic mass is 10.2. The van der Waals surface area contributed by atoms with Gasteiger partial charge in [0.25, 0.3) is 0 Å². The van der Waals surface area contributed by atoms with Gasteiger partial charge in [-0.25, -0.2) is 0 Å². The summed E-state index contributed by atoms with van der Waals surface area (Å²) in [6.07, 6.45) is 0.367. The van der Waals surface area contributed by atoms with E-state index in [-0.39, 0.29) is 22.0 Å². The minimum Gasteiger partial charge on any atom is -0.416 e. The van der Waals surface area contributed by atoms with Crippen LogP contribution in [0.15, 0.2) is 0 Å². The van der Waals surface area contributed by atoms with Crippen molar-refractivity contribution in [1.29, 1.82) is 0 Å². The van der Waals surface area contributed by atoms with E-state index < -0.39 is 16.6 Å². The van der Waals surface area contributed by atoms with Crippen molar-refractivity contribution in [2.45, 2.75) is 123 Å². The summed E-state index contributed by atoms with van der Waals surface area (Å²) in [5.41, 5.74) is 0. The van der Waals surface area contributed by atoms with Crippen molar-refractivity contribution in [1.82, 2.24) is 0 Å². The zero-order chi connectivity index (χ0) is 20.8. The van der Waals surface area contributed by atoms with Crippen LogP contribution in [0.5, 0.6) is 0 Å². The molecule has 0 radical (unpaired) electrons. The largest absolute Gasteiger partial charge is 0.416 e. The molecule has 0 bridgehead atoms. The molecule has 0 saturated carbocycles. The van der Waals surface area contributed by atoms with E-state index in [1.807, 2.05) is 0 Å². The monoisotopic (exact) mass is 402 g/mol. The fraction of sp³-hybridized carbons (Fsp3) is 0.952. The van der Waals surface area contributed by atoms with E-state index in [1.54, 1.807) is 6.92 Å². The van der Waals surface area contributed by atoms with Gasteiger partial charge in [0.1, 0.15) is 6.10 Å². The summed E-state index contributed by atoms with van der Waals surface area (Å²) < 4.78 is 13.2. The Morgan fingerprint density at radius 3 is 1.46 bits per heavy atom. The molecule has 0 N–H and O–H groups in total. The zero-order valence-corrected chi connectivity index (χ0v) is 21.5. The molecule has 0 aromatic heterocycles. The third-order valence-corrected chi connectivity index (χ3v) is 18.1. The van der Waals surface area contributed by atoms with Crippen molar-refractivity contribution < 1.29 is 13.6 Å². The third-order valence-electron chi connectivity index (χ3n) is 6.60. The Labute approximate surface area is 165 Å². The molecule has 0 spiro atoms. The number of hydrogen-bond donors (Lipinski definition) is 0. The van der Waals surface area contributed by atoms with E-state index in [2.05, 4.69) is 69.2 Å². The molecule has 156 valence electrons. The van der Waals surface area contributed by atoms with Gasteiger partial charge in [-0.05, 0) is 41.2 Å². The second-order valence-corrected chi connectivity index (χ2v) is 20.1. The molecule has 0 fully saturated rings. The van der Waals surface area contributed by atoms with Crippen LogP contribution >= 0.6 is 0 Å². The predicted octanol–water partition coefficient (Wildman–Crippen LogP) is 6.94. The highest BCUT2D eigenvalue weighted by Gasteiger charge is 2.46. The second kappa shape index (κ2) is 9.99.